The lowest BCUT2D eigenvalue weighted by molar-refractivity contribution is 0.565. The molecule has 0 N–H and O–H groups in total. The van der Waals surface area contributed by atoms with Crippen LogP contribution >= 0.6 is 0 Å². The summed E-state index contributed by atoms with van der Waals surface area (Å²) in [6, 6.07) is 7.71. The predicted molar refractivity (Wildman–Crippen MR) is 55.1 cm³/mol. The van der Waals surface area contributed by atoms with Crippen LogP contribution in [0.2, 0.25) is 0 Å². The zero-order chi connectivity index (χ0) is 9.80. The highest BCUT2D eigenvalue weighted by Gasteiger charge is 2.04. The van der Waals surface area contributed by atoms with E-state index in [1.165, 1.54) is 0 Å². The van der Waals surface area contributed by atoms with Crippen molar-refractivity contribution in [3.8, 4) is 0 Å². The molecular formula is C12H7NO. The molecule has 14 heavy (non-hydrogen) atoms. The topological polar surface area (TPSA) is 29.4 Å². The number of fused-ring (bicyclic) bond motifs is 1. The molecule has 1 aliphatic carbocycles. The van der Waals surface area contributed by atoms with E-state index in [9.17, 15) is 4.79 Å². The Morgan fingerprint density at radius 2 is 2.14 bits per heavy atom. The fourth-order valence-corrected chi connectivity index (χ4v) is 1.36. The summed E-state index contributed by atoms with van der Waals surface area (Å²) in [5.41, 5.74) is 5.53. The monoisotopic (exact) mass is 181 g/mol. The summed E-state index contributed by atoms with van der Waals surface area (Å²) in [5.74, 6) is 0. The van der Waals surface area contributed by atoms with Gasteiger partial charge in [0.25, 0.3) is 0 Å². The first kappa shape index (κ1) is 8.46. The Balaban J connectivity index is 2.67. The molecule has 0 atom stereocenters. The highest BCUT2D eigenvalue weighted by Crippen LogP contribution is 2.22. The van der Waals surface area contributed by atoms with Crippen LogP contribution in [0.1, 0.15) is 11.1 Å². The Morgan fingerprint density at radius 1 is 1.29 bits per heavy atom. The second-order valence-corrected chi connectivity index (χ2v) is 2.82. The first-order valence-corrected chi connectivity index (χ1v) is 4.22. The molecule has 1 aromatic carbocycles. The maximum Gasteiger partial charge on any atom is 0.240 e. The van der Waals surface area contributed by atoms with Crippen molar-refractivity contribution in [3.05, 3.63) is 53.3 Å². The van der Waals surface area contributed by atoms with E-state index in [0.29, 0.717) is 5.70 Å². The van der Waals surface area contributed by atoms with Crippen LogP contribution in [0.3, 0.4) is 0 Å². The van der Waals surface area contributed by atoms with E-state index in [2.05, 4.69) is 10.7 Å². The number of isocyanates is 1. The first-order valence-electron chi connectivity index (χ1n) is 4.22. The van der Waals surface area contributed by atoms with Crippen molar-refractivity contribution in [3.63, 3.8) is 0 Å². The lowest BCUT2D eigenvalue weighted by Gasteiger charge is -2.02. The largest absolute Gasteiger partial charge is 0.240 e. The summed E-state index contributed by atoms with van der Waals surface area (Å²) in [7, 11) is 0. The van der Waals surface area contributed by atoms with Crippen LogP contribution in [-0.4, -0.2) is 6.08 Å². The average molecular weight is 181 g/mol. The molecule has 1 aliphatic rings. The minimum absolute atomic E-state index is 0.622. The third kappa shape index (κ3) is 1.48. The van der Waals surface area contributed by atoms with Crippen molar-refractivity contribution in [2.75, 3.05) is 0 Å². The maximum absolute atomic E-state index is 10.2. The van der Waals surface area contributed by atoms with E-state index in [4.69, 9.17) is 0 Å². The van der Waals surface area contributed by atoms with Gasteiger partial charge < -0.3 is 0 Å². The van der Waals surface area contributed by atoms with E-state index in [1.54, 1.807) is 18.2 Å². The molecule has 0 aliphatic heterocycles. The molecule has 2 rings (SSSR count). The minimum Gasteiger partial charge on any atom is -0.211 e. The summed E-state index contributed by atoms with van der Waals surface area (Å²) in [4.78, 5) is 13.9. The third-order valence-corrected chi connectivity index (χ3v) is 1.98. The Hall–Kier alpha value is -2.14. The van der Waals surface area contributed by atoms with Crippen molar-refractivity contribution < 1.29 is 4.79 Å². The quantitative estimate of drug-likeness (QED) is 0.372. The molecule has 0 radical (unpaired) electrons. The molecule has 0 saturated heterocycles. The second-order valence-electron chi connectivity index (χ2n) is 2.82. The number of carbonyl (C=O) groups excluding carboxylic acids is 1. The Labute approximate surface area is 81.6 Å². The summed E-state index contributed by atoms with van der Waals surface area (Å²) in [6.45, 7) is 0. The molecule has 0 amide bonds. The van der Waals surface area contributed by atoms with Gasteiger partial charge in [-0.15, -0.1) is 5.73 Å². The van der Waals surface area contributed by atoms with Crippen LogP contribution in [0.4, 0.5) is 0 Å². The number of nitrogens with zero attached hydrogens (tertiary/aromatic N) is 1. The molecular weight excluding hydrogens is 174 g/mol. The zero-order valence-corrected chi connectivity index (χ0v) is 7.40. The Kier molecular flexibility index (Phi) is 2.24. The van der Waals surface area contributed by atoms with Gasteiger partial charge in [-0.25, -0.2) is 4.79 Å². The van der Waals surface area contributed by atoms with E-state index in [1.807, 2.05) is 30.3 Å². The molecule has 0 fully saturated rings. The van der Waals surface area contributed by atoms with Gasteiger partial charge in [-0.05, 0) is 23.8 Å². The van der Waals surface area contributed by atoms with Crippen LogP contribution in [0.15, 0.2) is 47.1 Å². The van der Waals surface area contributed by atoms with Crippen molar-refractivity contribution in [2.45, 2.75) is 0 Å². The lowest BCUT2D eigenvalue weighted by atomic mass is 10.1. The van der Waals surface area contributed by atoms with E-state index >= 15 is 0 Å². The Bertz CT molecular complexity index is 499. The highest BCUT2D eigenvalue weighted by molar-refractivity contribution is 5.78. The Morgan fingerprint density at radius 3 is 3.00 bits per heavy atom. The predicted octanol–water partition coefficient (Wildman–Crippen LogP) is 2.55. The fourth-order valence-electron chi connectivity index (χ4n) is 1.36. The number of hydrogen-bond acceptors (Lipinski definition) is 2. The van der Waals surface area contributed by atoms with E-state index < -0.39 is 0 Å². The highest BCUT2D eigenvalue weighted by atomic mass is 16.1. The summed E-state index contributed by atoms with van der Waals surface area (Å²) < 4.78 is 0. The van der Waals surface area contributed by atoms with Crippen LogP contribution in [-0.2, 0) is 4.79 Å². The second kappa shape index (κ2) is 3.71. The SMILES string of the molecule is O=C=NC1=CC=C=Cc2ccccc21. The summed E-state index contributed by atoms with van der Waals surface area (Å²) in [6.07, 6.45) is 6.89. The summed E-state index contributed by atoms with van der Waals surface area (Å²) in [5, 5.41) is 0. The number of rotatable bonds is 1. The first-order chi connectivity index (χ1) is 6.92. The van der Waals surface area contributed by atoms with E-state index in [0.717, 1.165) is 11.1 Å². The van der Waals surface area contributed by atoms with Crippen LogP contribution in [0.25, 0.3) is 11.8 Å². The average Bonchev–Trinajstić information content (AvgIpc) is 2.42. The minimum atomic E-state index is 0.622. The molecule has 0 bridgehead atoms. The standard InChI is InChI=1S/C12H7NO/c14-9-13-12-8-4-2-6-10-5-1-3-7-11(10)12/h1,3-8H. The number of aliphatic imine (C=N–C) groups is 1. The lowest BCUT2D eigenvalue weighted by Crippen LogP contribution is -1.84. The zero-order valence-electron chi connectivity index (χ0n) is 7.40. The molecule has 2 heteroatoms. The smallest absolute Gasteiger partial charge is 0.211 e. The number of benzene rings is 1. The van der Waals surface area contributed by atoms with Gasteiger partial charge in [-0.2, -0.15) is 4.99 Å². The summed E-state index contributed by atoms with van der Waals surface area (Å²) >= 11 is 0. The normalized spacial score (nSPS) is 12.4. The van der Waals surface area contributed by atoms with Crippen molar-refractivity contribution in [1.82, 2.24) is 0 Å². The molecule has 2 nitrogen and oxygen atoms in total. The molecule has 66 valence electrons. The van der Waals surface area contributed by atoms with Gasteiger partial charge in [-0.1, -0.05) is 24.3 Å². The molecule has 0 unspecified atom stereocenters. The molecule has 0 spiro atoms. The van der Waals surface area contributed by atoms with Gasteiger partial charge in [0.2, 0.25) is 6.08 Å². The van der Waals surface area contributed by atoms with E-state index in [-0.39, 0.29) is 0 Å². The van der Waals surface area contributed by atoms with Gasteiger partial charge in [0.15, 0.2) is 0 Å². The van der Waals surface area contributed by atoms with Gasteiger partial charge in [0.1, 0.15) is 0 Å². The molecule has 1 aromatic rings. The van der Waals surface area contributed by atoms with Gasteiger partial charge in [-0.3, -0.25) is 0 Å². The van der Waals surface area contributed by atoms with Gasteiger partial charge in [0, 0.05) is 5.56 Å². The van der Waals surface area contributed by atoms with Crippen molar-refractivity contribution in [2.24, 2.45) is 4.99 Å². The third-order valence-electron chi connectivity index (χ3n) is 1.98. The number of allylic oxidation sites excluding steroid dienone is 2. The van der Waals surface area contributed by atoms with Crippen LogP contribution in [0.5, 0.6) is 0 Å². The van der Waals surface area contributed by atoms with Gasteiger partial charge in [0.05, 0.1) is 5.70 Å². The number of hydrogen-bond donors (Lipinski definition) is 0. The van der Waals surface area contributed by atoms with Crippen LogP contribution < -0.4 is 0 Å². The van der Waals surface area contributed by atoms with Crippen LogP contribution in [0, 0.1) is 0 Å². The van der Waals surface area contributed by atoms with Crippen molar-refractivity contribution in [1.29, 1.82) is 0 Å². The maximum atomic E-state index is 10.2. The fraction of sp³-hybridized carbons (Fsp3) is 0. The van der Waals surface area contributed by atoms with Gasteiger partial charge >= 0.3 is 0 Å². The van der Waals surface area contributed by atoms with Crippen molar-refractivity contribution >= 4 is 17.9 Å². The molecule has 0 saturated carbocycles. The molecule has 0 heterocycles. The molecule has 0 aromatic heterocycles.